The largest absolute Gasteiger partial charge is 0.501 e. The van der Waals surface area contributed by atoms with Crippen molar-refractivity contribution in [1.29, 1.82) is 0 Å². The quantitative estimate of drug-likeness (QED) is 0.841. The summed E-state index contributed by atoms with van der Waals surface area (Å²) in [5.74, 6) is 0. The predicted octanol–water partition coefficient (Wildman–Crippen LogP) is 4.41. The van der Waals surface area contributed by atoms with Gasteiger partial charge in [0.05, 0.1) is 22.2 Å². The number of sulfone groups is 1. The number of nitrogens with one attached hydrogen (secondary N) is 1. The molecule has 2 aromatic rings. The van der Waals surface area contributed by atoms with Crippen LogP contribution in [0.2, 0.25) is 0 Å². The van der Waals surface area contributed by atoms with Crippen molar-refractivity contribution in [2.24, 2.45) is 0 Å². The molecule has 0 saturated heterocycles. The van der Waals surface area contributed by atoms with E-state index >= 15 is 0 Å². The summed E-state index contributed by atoms with van der Waals surface area (Å²) < 4.78 is 62.4. The molecule has 1 unspecified atom stereocenters. The van der Waals surface area contributed by atoms with Gasteiger partial charge in [-0.1, -0.05) is 0 Å². The minimum Gasteiger partial charge on any atom is -0.378 e. The number of benzene rings is 1. The number of anilines is 1. The summed E-state index contributed by atoms with van der Waals surface area (Å²) >= 11 is 0. The molecule has 1 aromatic heterocycles. The van der Waals surface area contributed by atoms with E-state index < -0.39 is 20.2 Å². The molecule has 144 valence electrons. The summed E-state index contributed by atoms with van der Waals surface area (Å²) in [4.78, 5) is -0.778. The van der Waals surface area contributed by atoms with Gasteiger partial charge in [-0.3, -0.25) is 4.68 Å². The van der Waals surface area contributed by atoms with Crippen molar-refractivity contribution in [3.05, 3.63) is 41.7 Å². The van der Waals surface area contributed by atoms with E-state index in [1.807, 2.05) is 45.5 Å². The van der Waals surface area contributed by atoms with Gasteiger partial charge in [0.1, 0.15) is 0 Å². The lowest BCUT2D eigenvalue weighted by atomic mass is 10.1. The first-order chi connectivity index (χ1) is 11.7. The Morgan fingerprint density at radius 1 is 1.12 bits per heavy atom. The Morgan fingerprint density at radius 3 is 2.08 bits per heavy atom. The van der Waals surface area contributed by atoms with E-state index in [1.54, 1.807) is 0 Å². The highest BCUT2D eigenvalue weighted by molar-refractivity contribution is 7.92. The van der Waals surface area contributed by atoms with Crippen LogP contribution in [-0.4, -0.2) is 23.7 Å². The maximum Gasteiger partial charge on any atom is 0.501 e. The third-order valence-electron chi connectivity index (χ3n) is 3.94. The van der Waals surface area contributed by atoms with Gasteiger partial charge in [0, 0.05) is 17.4 Å². The molecular weight excluding hydrogens is 367 g/mol. The maximum atomic E-state index is 12.6. The van der Waals surface area contributed by atoms with Gasteiger partial charge in [0.25, 0.3) is 9.84 Å². The van der Waals surface area contributed by atoms with E-state index in [4.69, 9.17) is 0 Å². The number of hydrogen-bond donors (Lipinski definition) is 1. The highest BCUT2D eigenvalue weighted by Gasteiger charge is 2.46. The molecule has 0 spiro atoms. The van der Waals surface area contributed by atoms with Crippen molar-refractivity contribution < 1.29 is 21.6 Å². The fourth-order valence-corrected chi connectivity index (χ4v) is 3.20. The second-order valence-electron chi connectivity index (χ2n) is 7.12. The van der Waals surface area contributed by atoms with Gasteiger partial charge in [0.15, 0.2) is 0 Å². The fraction of sp³-hybridized carbons (Fsp3) is 0.471. The summed E-state index contributed by atoms with van der Waals surface area (Å²) in [5.41, 5.74) is -3.17. The average molecular weight is 389 g/mol. The van der Waals surface area contributed by atoms with Crippen LogP contribution >= 0.6 is 0 Å². The molecular formula is C17H22F3N3O2S. The van der Waals surface area contributed by atoms with Crippen LogP contribution in [0.25, 0.3) is 0 Å². The third kappa shape index (κ3) is 4.03. The van der Waals surface area contributed by atoms with Crippen LogP contribution in [-0.2, 0) is 15.4 Å². The van der Waals surface area contributed by atoms with Crippen molar-refractivity contribution in [2.75, 3.05) is 5.32 Å². The van der Waals surface area contributed by atoms with Gasteiger partial charge in [-0.15, -0.1) is 0 Å². The summed E-state index contributed by atoms with van der Waals surface area (Å²) in [6.07, 6.45) is 1.93. The van der Waals surface area contributed by atoms with Gasteiger partial charge < -0.3 is 5.32 Å². The molecule has 0 radical (unpaired) electrons. The van der Waals surface area contributed by atoms with Crippen molar-refractivity contribution in [1.82, 2.24) is 9.78 Å². The Labute approximate surface area is 151 Å². The van der Waals surface area contributed by atoms with Crippen LogP contribution in [0.1, 0.15) is 45.0 Å². The zero-order valence-electron chi connectivity index (χ0n) is 15.2. The molecule has 0 bridgehead atoms. The molecule has 1 heterocycles. The number of halogens is 3. The third-order valence-corrected chi connectivity index (χ3v) is 5.45. The molecule has 0 saturated carbocycles. The van der Waals surface area contributed by atoms with Crippen molar-refractivity contribution in [3.63, 3.8) is 0 Å². The van der Waals surface area contributed by atoms with Crippen LogP contribution in [0.3, 0.4) is 0 Å². The maximum absolute atomic E-state index is 12.6. The first-order valence-electron chi connectivity index (χ1n) is 7.98. The number of hydrogen-bond acceptors (Lipinski definition) is 4. The minimum atomic E-state index is -5.33. The van der Waals surface area contributed by atoms with Crippen LogP contribution in [0.5, 0.6) is 0 Å². The zero-order valence-corrected chi connectivity index (χ0v) is 16.0. The first-order valence-corrected chi connectivity index (χ1v) is 9.46. The molecule has 5 nitrogen and oxygen atoms in total. The molecule has 0 aliphatic carbocycles. The number of rotatable bonds is 4. The molecule has 1 N–H and O–H groups in total. The number of alkyl halides is 3. The summed E-state index contributed by atoms with van der Waals surface area (Å²) in [6.45, 7) is 9.87. The van der Waals surface area contributed by atoms with Gasteiger partial charge in [0.2, 0.25) is 0 Å². The lowest BCUT2D eigenvalue weighted by Gasteiger charge is -2.19. The van der Waals surface area contributed by atoms with E-state index in [0.29, 0.717) is 5.69 Å². The molecule has 1 aromatic carbocycles. The van der Waals surface area contributed by atoms with Gasteiger partial charge in [-0.2, -0.15) is 18.3 Å². The molecule has 9 heteroatoms. The van der Waals surface area contributed by atoms with E-state index in [9.17, 15) is 21.6 Å². The zero-order chi connectivity index (χ0) is 19.9. The summed E-state index contributed by atoms with van der Waals surface area (Å²) in [7, 11) is -5.33. The summed E-state index contributed by atoms with van der Waals surface area (Å²) in [5, 5.41) is 7.64. The highest BCUT2D eigenvalue weighted by Crippen LogP contribution is 2.31. The molecule has 0 fully saturated rings. The molecule has 1 atom stereocenters. The smallest absolute Gasteiger partial charge is 0.378 e. The summed E-state index contributed by atoms with van der Waals surface area (Å²) in [6, 6.07) is 4.38. The van der Waals surface area contributed by atoms with E-state index in [0.717, 1.165) is 23.4 Å². The lowest BCUT2D eigenvalue weighted by molar-refractivity contribution is -0.0436. The fourth-order valence-electron chi connectivity index (χ4n) is 2.43. The number of aromatic nitrogens is 2. The van der Waals surface area contributed by atoms with Gasteiger partial charge >= 0.3 is 5.51 Å². The van der Waals surface area contributed by atoms with Crippen molar-refractivity contribution in [2.45, 2.75) is 56.6 Å². The monoisotopic (exact) mass is 389 g/mol. The second-order valence-corrected chi connectivity index (χ2v) is 9.07. The predicted molar refractivity (Wildman–Crippen MR) is 93.7 cm³/mol. The minimum absolute atomic E-state index is 0.156. The van der Waals surface area contributed by atoms with Crippen LogP contribution in [0, 0.1) is 6.92 Å². The van der Waals surface area contributed by atoms with Crippen LogP contribution < -0.4 is 5.32 Å². The van der Waals surface area contributed by atoms with Crippen LogP contribution in [0.4, 0.5) is 18.9 Å². The Hall–Kier alpha value is -2.03. The van der Waals surface area contributed by atoms with Crippen molar-refractivity contribution in [3.8, 4) is 0 Å². The SMILES string of the molecule is Cc1nn(C(C)(C)C)cc1C(C)Nc1ccc(S(=O)(=O)C(F)(F)F)cc1. The number of nitrogens with zero attached hydrogens (tertiary/aromatic N) is 2. The lowest BCUT2D eigenvalue weighted by Crippen LogP contribution is -2.23. The molecule has 0 aliphatic rings. The standard InChI is InChI=1S/C17H22F3N3O2S/c1-11(15-10-23(16(3,4)5)22-12(15)2)21-13-6-8-14(9-7-13)26(24,25)17(18,19)20/h6-11,21H,1-5H3. The highest BCUT2D eigenvalue weighted by atomic mass is 32.2. The van der Waals surface area contributed by atoms with Crippen molar-refractivity contribution >= 4 is 15.5 Å². The molecule has 0 aliphatic heterocycles. The van der Waals surface area contributed by atoms with Gasteiger partial charge in [-0.05, 0) is 58.9 Å². The number of aryl methyl sites for hydroxylation is 1. The Balaban J connectivity index is 2.21. The molecule has 26 heavy (non-hydrogen) atoms. The Kier molecular flexibility index (Phi) is 5.15. The van der Waals surface area contributed by atoms with Crippen LogP contribution in [0.15, 0.2) is 35.4 Å². The van der Waals surface area contributed by atoms with E-state index in [-0.39, 0.29) is 11.6 Å². The Morgan fingerprint density at radius 2 is 1.65 bits per heavy atom. The average Bonchev–Trinajstić information content (AvgIpc) is 2.89. The van der Waals surface area contributed by atoms with E-state index in [1.165, 1.54) is 12.1 Å². The topological polar surface area (TPSA) is 64.0 Å². The first kappa shape index (κ1) is 20.3. The second kappa shape index (κ2) is 6.61. The van der Waals surface area contributed by atoms with E-state index in [2.05, 4.69) is 10.4 Å². The van der Waals surface area contributed by atoms with Gasteiger partial charge in [-0.25, -0.2) is 8.42 Å². The molecule has 2 rings (SSSR count). The molecule has 0 amide bonds. The Bertz CT molecular complexity index is 879. The normalized spacial score (nSPS) is 14.3.